The maximum Gasteiger partial charge on any atom is 0.573 e. The summed E-state index contributed by atoms with van der Waals surface area (Å²) in [4.78, 5) is 15.2. The maximum atomic E-state index is 12.3. The van der Waals surface area contributed by atoms with Crippen molar-refractivity contribution in [1.82, 2.24) is 14.8 Å². The van der Waals surface area contributed by atoms with E-state index in [4.69, 9.17) is 5.11 Å². The summed E-state index contributed by atoms with van der Waals surface area (Å²) >= 11 is 1.16. The molecule has 2 aromatic heterocycles. The van der Waals surface area contributed by atoms with E-state index in [-0.39, 0.29) is 11.4 Å². The molecule has 0 bridgehead atoms. The lowest BCUT2D eigenvalue weighted by atomic mass is 9.99. The SMILES string of the molecule is O=C(O)c1csc(-n2nc(-c3ccc(OC(F)(F)F)cc3)c3c2CCC=C3)n1. The number of fused-ring (bicyclic) bond motifs is 1. The lowest BCUT2D eigenvalue weighted by Gasteiger charge is -2.09. The van der Waals surface area contributed by atoms with E-state index in [2.05, 4.69) is 14.8 Å². The van der Waals surface area contributed by atoms with Crippen LogP contribution < -0.4 is 4.74 Å². The molecule has 0 aliphatic heterocycles. The summed E-state index contributed by atoms with van der Waals surface area (Å²) in [7, 11) is 0. The Morgan fingerprint density at radius 3 is 2.64 bits per heavy atom. The van der Waals surface area contributed by atoms with Crippen molar-refractivity contribution in [2.45, 2.75) is 19.2 Å². The van der Waals surface area contributed by atoms with Crippen LogP contribution in [0.5, 0.6) is 5.75 Å². The second kappa shape index (κ2) is 6.79. The van der Waals surface area contributed by atoms with Crippen molar-refractivity contribution in [2.24, 2.45) is 0 Å². The van der Waals surface area contributed by atoms with Gasteiger partial charge < -0.3 is 9.84 Å². The van der Waals surface area contributed by atoms with Crippen molar-refractivity contribution < 1.29 is 27.8 Å². The predicted molar refractivity (Wildman–Crippen MR) is 95.7 cm³/mol. The number of nitrogens with zero attached hydrogens (tertiary/aromatic N) is 3. The number of hydrogen-bond donors (Lipinski definition) is 1. The first-order valence-electron chi connectivity index (χ1n) is 8.15. The van der Waals surface area contributed by atoms with Crippen molar-refractivity contribution >= 4 is 23.4 Å². The fourth-order valence-electron chi connectivity index (χ4n) is 2.95. The first-order chi connectivity index (χ1) is 13.3. The molecule has 0 saturated heterocycles. The van der Waals surface area contributed by atoms with E-state index in [0.29, 0.717) is 22.8 Å². The highest BCUT2D eigenvalue weighted by atomic mass is 32.1. The van der Waals surface area contributed by atoms with Gasteiger partial charge in [0.2, 0.25) is 5.13 Å². The molecule has 0 amide bonds. The number of carbonyl (C=O) groups is 1. The van der Waals surface area contributed by atoms with E-state index in [1.165, 1.54) is 29.6 Å². The van der Waals surface area contributed by atoms with E-state index < -0.39 is 12.3 Å². The van der Waals surface area contributed by atoms with Crippen molar-refractivity contribution in [3.8, 4) is 22.1 Å². The van der Waals surface area contributed by atoms with Crippen LogP contribution >= 0.6 is 11.3 Å². The van der Waals surface area contributed by atoms with Crippen LogP contribution in [0.3, 0.4) is 0 Å². The number of aromatic nitrogens is 3. The Hall–Kier alpha value is -3.14. The number of allylic oxidation sites excluding steroid dienone is 1. The van der Waals surface area contributed by atoms with Gasteiger partial charge >= 0.3 is 12.3 Å². The third-order valence-corrected chi connectivity index (χ3v) is 4.92. The number of benzene rings is 1. The highest BCUT2D eigenvalue weighted by molar-refractivity contribution is 7.12. The zero-order valence-corrected chi connectivity index (χ0v) is 14.9. The summed E-state index contributed by atoms with van der Waals surface area (Å²) in [5.41, 5.74) is 2.84. The van der Waals surface area contributed by atoms with Crippen LogP contribution in [-0.2, 0) is 6.42 Å². The number of aromatic carboxylic acids is 1. The van der Waals surface area contributed by atoms with Gasteiger partial charge in [0.1, 0.15) is 11.4 Å². The van der Waals surface area contributed by atoms with Gasteiger partial charge in [-0.1, -0.05) is 12.2 Å². The fraction of sp³-hybridized carbons (Fsp3) is 0.167. The molecule has 0 radical (unpaired) electrons. The molecule has 4 rings (SSSR count). The first kappa shape index (κ1) is 18.2. The number of rotatable bonds is 4. The molecule has 0 fully saturated rings. The minimum Gasteiger partial charge on any atom is -0.476 e. The third-order valence-electron chi connectivity index (χ3n) is 4.11. The van der Waals surface area contributed by atoms with Crippen LogP contribution in [0.1, 0.15) is 28.2 Å². The summed E-state index contributed by atoms with van der Waals surface area (Å²) < 4.78 is 42.5. The van der Waals surface area contributed by atoms with Gasteiger partial charge in [-0.3, -0.25) is 0 Å². The molecule has 0 spiro atoms. The largest absolute Gasteiger partial charge is 0.573 e. The molecule has 0 unspecified atom stereocenters. The summed E-state index contributed by atoms with van der Waals surface area (Å²) in [5, 5.41) is 15.5. The average Bonchev–Trinajstić information content (AvgIpc) is 3.26. The molecule has 1 N–H and O–H groups in total. The van der Waals surface area contributed by atoms with Crippen LogP contribution in [0, 0.1) is 0 Å². The molecule has 3 aromatic rings. The molecule has 1 aliphatic rings. The smallest absolute Gasteiger partial charge is 0.476 e. The number of thiazole rings is 1. The average molecular weight is 407 g/mol. The Balaban J connectivity index is 1.75. The van der Waals surface area contributed by atoms with E-state index in [0.717, 1.165) is 29.0 Å². The molecule has 10 heteroatoms. The van der Waals surface area contributed by atoms with Gasteiger partial charge in [0.25, 0.3) is 0 Å². The molecule has 28 heavy (non-hydrogen) atoms. The Bertz CT molecular complexity index is 1070. The van der Waals surface area contributed by atoms with Crippen molar-refractivity contribution in [2.75, 3.05) is 0 Å². The van der Waals surface area contributed by atoms with Crippen LogP contribution in [0.15, 0.2) is 35.7 Å². The van der Waals surface area contributed by atoms with Crippen molar-refractivity contribution in [3.05, 3.63) is 52.7 Å². The third kappa shape index (κ3) is 3.50. The van der Waals surface area contributed by atoms with Crippen LogP contribution in [0.4, 0.5) is 13.2 Å². The normalized spacial score (nSPS) is 13.4. The number of alkyl halides is 3. The number of halogens is 3. The van der Waals surface area contributed by atoms with Gasteiger partial charge in [0, 0.05) is 16.5 Å². The zero-order valence-electron chi connectivity index (χ0n) is 14.1. The second-order valence-corrected chi connectivity index (χ2v) is 6.79. The van der Waals surface area contributed by atoms with Crippen molar-refractivity contribution in [3.63, 3.8) is 0 Å². The number of carboxylic acid groups (broad SMARTS) is 1. The summed E-state index contributed by atoms with van der Waals surface area (Å²) in [6, 6.07) is 5.46. The van der Waals surface area contributed by atoms with Gasteiger partial charge in [-0.15, -0.1) is 24.5 Å². The topological polar surface area (TPSA) is 77.2 Å². The van der Waals surface area contributed by atoms with Crippen molar-refractivity contribution in [1.29, 1.82) is 0 Å². The Morgan fingerprint density at radius 1 is 1.25 bits per heavy atom. The Morgan fingerprint density at radius 2 is 2.00 bits per heavy atom. The molecule has 144 valence electrons. The van der Waals surface area contributed by atoms with E-state index in [1.54, 1.807) is 4.68 Å². The summed E-state index contributed by atoms with van der Waals surface area (Å²) in [5.74, 6) is -1.44. The quantitative estimate of drug-likeness (QED) is 0.687. The molecular weight excluding hydrogens is 395 g/mol. The highest BCUT2D eigenvalue weighted by Crippen LogP contribution is 2.34. The molecule has 1 aliphatic carbocycles. The molecule has 1 aromatic carbocycles. The number of hydrogen-bond acceptors (Lipinski definition) is 5. The van der Waals surface area contributed by atoms with Crippen LogP contribution in [0.2, 0.25) is 0 Å². The molecule has 0 atom stereocenters. The summed E-state index contributed by atoms with van der Waals surface area (Å²) in [6.45, 7) is 0. The standard InChI is InChI=1S/C18H12F3N3O3S/c19-18(20,21)27-11-7-5-10(6-8-11)15-12-3-1-2-4-14(12)24(23-15)17-22-13(9-28-17)16(25)26/h1,3,5-9H,2,4H2,(H,25,26). The molecule has 2 heterocycles. The van der Waals surface area contributed by atoms with E-state index in [1.807, 2.05) is 12.2 Å². The number of ether oxygens (including phenoxy) is 1. The second-order valence-electron chi connectivity index (χ2n) is 5.95. The highest BCUT2D eigenvalue weighted by Gasteiger charge is 2.31. The van der Waals surface area contributed by atoms with Gasteiger partial charge in [-0.05, 0) is 37.1 Å². The summed E-state index contributed by atoms with van der Waals surface area (Å²) in [6.07, 6.45) is 0.633. The van der Waals surface area contributed by atoms with Gasteiger partial charge in [0.15, 0.2) is 5.69 Å². The Kier molecular flexibility index (Phi) is 4.42. The molecule has 0 saturated carbocycles. The fourth-order valence-corrected chi connectivity index (χ4v) is 3.72. The van der Waals surface area contributed by atoms with Gasteiger partial charge in [0.05, 0.1) is 5.69 Å². The molecule has 6 nitrogen and oxygen atoms in total. The van der Waals surface area contributed by atoms with Gasteiger partial charge in [-0.2, -0.15) is 5.10 Å². The monoisotopic (exact) mass is 407 g/mol. The van der Waals surface area contributed by atoms with E-state index in [9.17, 15) is 18.0 Å². The first-order valence-corrected chi connectivity index (χ1v) is 9.03. The van der Waals surface area contributed by atoms with E-state index >= 15 is 0 Å². The minimum atomic E-state index is -4.75. The predicted octanol–water partition coefficient (Wildman–Crippen LogP) is 4.55. The zero-order chi connectivity index (χ0) is 19.9. The van der Waals surface area contributed by atoms with Gasteiger partial charge in [-0.25, -0.2) is 14.5 Å². The maximum absolute atomic E-state index is 12.3. The minimum absolute atomic E-state index is 0.0641. The number of carboxylic acids is 1. The molecular formula is C18H12F3N3O3S. The lowest BCUT2D eigenvalue weighted by Crippen LogP contribution is -2.16. The van der Waals surface area contributed by atoms with Crippen LogP contribution in [-0.4, -0.2) is 32.2 Å². The Labute approximate surface area is 160 Å². The lowest BCUT2D eigenvalue weighted by molar-refractivity contribution is -0.274. The van der Waals surface area contributed by atoms with Crippen LogP contribution in [0.25, 0.3) is 22.5 Å².